The molecule has 0 aromatic carbocycles. The molecule has 0 saturated heterocycles. The van der Waals surface area contributed by atoms with E-state index in [4.69, 9.17) is 10.00 Å². The number of esters is 1. The van der Waals surface area contributed by atoms with Crippen LogP contribution in [0.2, 0.25) is 0 Å². The van der Waals surface area contributed by atoms with E-state index in [2.05, 4.69) is 4.99 Å². The molecule has 1 heterocycles. The monoisotopic (exact) mass is 192 g/mol. The van der Waals surface area contributed by atoms with Crippen molar-refractivity contribution in [2.75, 3.05) is 0 Å². The summed E-state index contributed by atoms with van der Waals surface area (Å²) in [7, 11) is 0. The Morgan fingerprint density at radius 3 is 2.57 bits per heavy atom. The van der Waals surface area contributed by atoms with Gasteiger partial charge in [0.2, 0.25) is 0 Å². The van der Waals surface area contributed by atoms with Gasteiger partial charge in [-0.05, 0) is 26.8 Å². The van der Waals surface area contributed by atoms with Crippen LogP contribution in [0.3, 0.4) is 0 Å². The van der Waals surface area contributed by atoms with Gasteiger partial charge < -0.3 is 4.74 Å². The molecule has 0 aromatic rings. The summed E-state index contributed by atoms with van der Waals surface area (Å²) in [5, 5.41) is 8.86. The Morgan fingerprint density at radius 2 is 2.21 bits per heavy atom. The van der Waals surface area contributed by atoms with E-state index < -0.39 is 17.0 Å². The van der Waals surface area contributed by atoms with E-state index in [1.807, 2.05) is 6.07 Å². The van der Waals surface area contributed by atoms with E-state index in [1.165, 1.54) is 18.5 Å². The molecule has 1 rings (SSSR count). The summed E-state index contributed by atoms with van der Waals surface area (Å²) in [6, 6.07) is 1.90. The fourth-order valence-corrected chi connectivity index (χ4v) is 0.806. The number of carbonyl (C=O) groups excluding carboxylic acids is 1. The third-order valence-corrected chi connectivity index (χ3v) is 1.72. The Labute approximate surface area is 82.9 Å². The molecule has 0 fully saturated rings. The maximum Gasteiger partial charge on any atom is 0.313 e. The first-order valence-electron chi connectivity index (χ1n) is 4.26. The normalized spacial score (nSPS) is 24.7. The van der Waals surface area contributed by atoms with E-state index in [-0.39, 0.29) is 0 Å². The molecule has 14 heavy (non-hydrogen) atoms. The molecule has 1 aliphatic rings. The fourth-order valence-electron chi connectivity index (χ4n) is 0.806. The number of rotatable bonds is 1. The second-order valence-electron chi connectivity index (χ2n) is 4.14. The Morgan fingerprint density at radius 1 is 1.57 bits per heavy atom. The van der Waals surface area contributed by atoms with Gasteiger partial charge in [-0.1, -0.05) is 0 Å². The van der Waals surface area contributed by atoms with E-state index in [0.29, 0.717) is 0 Å². The van der Waals surface area contributed by atoms with E-state index >= 15 is 0 Å². The summed E-state index contributed by atoms with van der Waals surface area (Å²) in [5.74, 6) is -0.419. The largest absolute Gasteiger partial charge is 0.434 e. The van der Waals surface area contributed by atoms with Crippen LogP contribution in [-0.2, 0) is 9.53 Å². The summed E-state index contributed by atoms with van der Waals surface area (Å²) >= 11 is 0. The number of nitrogens with zero attached hydrogens (tertiary/aromatic N) is 2. The van der Waals surface area contributed by atoms with Crippen LogP contribution >= 0.6 is 0 Å². The van der Waals surface area contributed by atoms with E-state index in [9.17, 15) is 4.79 Å². The minimum atomic E-state index is -1.30. The average molecular weight is 192 g/mol. The van der Waals surface area contributed by atoms with Gasteiger partial charge in [0.25, 0.3) is 5.60 Å². The van der Waals surface area contributed by atoms with Crippen LogP contribution < -0.4 is 0 Å². The van der Waals surface area contributed by atoms with Crippen LogP contribution in [0.4, 0.5) is 0 Å². The molecule has 0 amide bonds. The second kappa shape index (κ2) is 3.26. The number of carbonyl (C=O) groups is 1. The smallest absolute Gasteiger partial charge is 0.313 e. The van der Waals surface area contributed by atoms with Crippen molar-refractivity contribution in [2.24, 2.45) is 10.4 Å². The molecule has 0 aliphatic carbocycles. The molecular weight excluding hydrogens is 180 g/mol. The van der Waals surface area contributed by atoms with Crippen molar-refractivity contribution in [2.45, 2.75) is 26.4 Å². The van der Waals surface area contributed by atoms with Crippen LogP contribution in [0.5, 0.6) is 0 Å². The van der Waals surface area contributed by atoms with Gasteiger partial charge in [0.15, 0.2) is 0 Å². The third kappa shape index (κ3) is 1.99. The Balaban J connectivity index is 2.79. The minimum Gasteiger partial charge on any atom is -0.434 e. The van der Waals surface area contributed by atoms with Crippen molar-refractivity contribution in [3.63, 3.8) is 0 Å². The Hall–Kier alpha value is -1.63. The highest BCUT2D eigenvalue weighted by molar-refractivity contribution is 5.85. The first-order valence-corrected chi connectivity index (χ1v) is 4.26. The minimum absolute atomic E-state index is 0.419. The fraction of sp³-hybridized carbons (Fsp3) is 0.500. The zero-order chi connectivity index (χ0) is 10.8. The predicted octanol–water partition coefficient (Wildman–Crippen LogP) is 1.44. The van der Waals surface area contributed by atoms with Gasteiger partial charge >= 0.3 is 5.97 Å². The van der Waals surface area contributed by atoms with Gasteiger partial charge in [0, 0.05) is 6.20 Å². The van der Waals surface area contributed by atoms with Gasteiger partial charge in [-0.25, -0.2) is 0 Å². The van der Waals surface area contributed by atoms with Gasteiger partial charge in [0.05, 0.1) is 11.6 Å². The SMILES string of the molecule is CC(C)(C)C(=O)OC1(C#N)C=CN=C1. The highest BCUT2D eigenvalue weighted by atomic mass is 16.6. The van der Waals surface area contributed by atoms with Crippen molar-refractivity contribution in [3.05, 3.63) is 12.3 Å². The van der Waals surface area contributed by atoms with Crippen molar-refractivity contribution in [1.82, 2.24) is 0 Å². The van der Waals surface area contributed by atoms with E-state index in [0.717, 1.165) is 0 Å². The maximum atomic E-state index is 11.5. The van der Waals surface area contributed by atoms with Crippen LogP contribution in [0.15, 0.2) is 17.3 Å². The lowest BCUT2D eigenvalue weighted by molar-refractivity contribution is -0.156. The molecule has 1 unspecified atom stereocenters. The summed E-state index contributed by atoms with van der Waals surface area (Å²) in [4.78, 5) is 15.3. The molecule has 0 saturated carbocycles. The zero-order valence-electron chi connectivity index (χ0n) is 8.44. The van der Waals surface area contributed by atoms with Gasteiger partial charge in [0.1, 0.15) is 6.07 Å². The Kier molecular flexibility index (Phi) is 2.43. The predicted molar refractivity (Wildman–Crippen MR) is 51.5 cm³/mol. The summed E-state index contributed by atoms with van der Waals surface area (Å²) < 4.78 is 5.08. The van der Waals surface area contributed by atoms with Crippen molar-refractivity contribution < 1.29 is 9.53 Å². The quantitative estimate of drug-likeness (QED) is 0.590. The molecule has 0 spiro atoms. The molecule has 1 aliphatic heterocycles. The lowest BCUT2D eigenvalue weighted by Gasteiger charge is -2.22. The van der Waals surface area contributed by atoms with E-state index in [1.54, 1.807) is 20.8 Å². The molecule has 74 valence electrons. The second-order valence-corrected chi connectivity index (χ2v) is 4.14. The van der Waals surface area contributed by atoms with Crippen LogP contribution in [-0.4, -0.2) is 17.8 Å². The third-order valence-electron chi connectivity index (χ3n) is 1.72. The molecular formula is C10H12N2O2. The molecule has 4 heteroatoms. The van der Waals surface area contributed by atoms with Crippen molar-refractivity contribution in [1.29, 1.82) is 5.26 Å². The lowest BCUT2D eigenvalue weighted by atomic mass is 9.96. The highest BCUT2D eigenvalue weighted by Crippen LogP contribution is 2.22. The van der Waals surface area contributed by atoms with Crippen molar-refractivity contribution >= 4 is 12.2 Å². The molecule has 0 radical (unpaired) electrons. The standard InChI is InChI=1S/C10H12N2O2/c1-9(2,3)8(13)14-10(6-11)4-5-12-7-10/h4-5,7H,1-3H3. The topological polar surface area (TPSA) is 62.5 Å². The average Bonchev–Trinajstić information content (AvgIpc) is 2.52. The number of hydrogen-bond donors (Lipinski definition) is 0. The molecule has 4 nitrogen and oxygen atoms in total. The molecule has 0 bridgehead atoms. The Bertz CT molecular complexity index is 330. The number of hydrogen-bond acceptors (Lipinski definition) is 4. The molecule has 1 atom stereocenters. The van der Waals surface area contributed by atoms with Gasteiger partial charge in [-0.15, -0.1) is 0 Å². The van der Waals surface area contributed by atoms with Crippen molar-refractivity contribution in [3.8, 4) is 6.07 Å². The number of aliphatic imine (C=N–C) groups is 1. The van der Waals surface area contributed by atoms with Crippen LogP contribution in [0.25, 0.3) is 0 Å². The first-order chi connectivity index (χ1) is 6.40. The molecule has 0 N–H and O–H groups in total. The zero-order valence-corrected chi connectivity index (χ0v) is 8.44. The van der Waals surface area contributed by atoms with Gasteiger partial charge in [-0.3, -0.25) is 9.79 Å². The number of nitriles is 1. The van der Waals surface area contributed by atoms with Crippen LogP contribution in [0, 0.1) is 16.7 Å². The number of ether oxygens (including phenoxy) is 1. The lowest BCUT2D eigenvalue weighted by Crippen LogP contribution is -2.36. The van der Waals surface area contributed by atoms with Gasteiger partial charge in [-0.2, -0.15) is 5.26 Å². The summed E-state index contributed by atoms with van der Waals surface area (Å²) in [6.07, 6.45) is 4.21. The molecule has 0 aromatic heterocycles. The first kappa shape index (κ1) is 10.5. The maximum absolute atomic E-state index is 11.5. The summed E-state index contributed by atoms with van der Waals surface area (Å²) in [6.45, 7) is 5.20. The highest BCUT2D eigenvalue weighted by Gasteiger charge is 2.36. The summed E-state index contributed by atoms with van der Waals surface area (Å²) in [5.41, 5.74) is -1.92. The van der Waals surface area contributed by atoms with Crippen LogP contribution in [0.1, 0.15) is 20.8 Å².